The van der Waals surface area contributed by atoms with Crippen LogP contribution in [0.5, 0.6) is 0 Å². The van der Waals surface area contributed by atoms with E-state index < -0.39 is 11.8 Å². The molecule has 0 saturated carbocycles. The van der Waals surface area contributed by atoms with E-state index >= 15 is 0 Å². The van der Waals surface area contributed by atoms with E-state index in [1.807, 2.05) is 60.7 Å². The van der Waals surface area contributed by atoms with Crippen molar-refractivity contribution in [3.05, 3.63) is 66.2 Å². The van der Waals surface area contributed by atoms with Gasteiger partial charge in [0.25, 0.3) is 0 Å². The highest BCUT2D eigenvalue weighted by molar-refractivity contribution is 6.40. The Kier molecular flexibility index (Phi) is 5.86. The molecule has 3 amide bonds. The molecule has 6 heteroatoms. The maximum Gasteiger partial charge on any atom is 0.316 e. The number of carbonyl (C=O) groups excluding carboxylic acids is 3. The minimum atomic E-state index is -0.554. The minimum Gasteiger partial charge on any atom is -0.339 e. The van der Waals surface area contributed by atoms with E-state index in [-0.39, 0.29) is 5.91 Å². The van der Waals surface area contributed by atoms with Gasteiger partial charge in [0, 0.05) is 38.8 Å². The van der Waals surface area contributed by atoms with Gasteiger partial charge in [-0.25, -0.2) is 0 Å². The van der Waals surface area contributed by atoms with Crippen molar-refractivity contribution in [3.8, 4) is 0 Å². The Bertz CT molecular complexity index is 800. The zero-order valence-electron chi connectivity index (χ0n) is 15.4. The smallest absolute Gasteiger partial charge is 0.316 e. The molecule has 0 radical (unpaired) electrons. The Morgan fingerprint density at radius 3 is 1.89 bits per heavy atom. The zero-order chi connectivity index (χ0) is 19.2. The van der Waals surface area contributed by atoms with Crippen molar-refractivity contribution >= 4 is 23.4 Å². The summed E-state index contributed by atoms with van der Waals surface area (Å²) in [6.45, 7) is 3.50. The van der Waals surface area contributed by atoms with Gasteiger partial charge in [0.05, 0.1) is 6.54 Å². The van der Waals surface area contributed by atoms with Gasteiger partial charge in [-0.15, -0.1) is 0 Å². The third-order valence-corrected chi connectivity index (χ3v) is 4.69. The molecule has 27 heavy (non-hydrogen) atoms. The standard InChI is InChI=1S/C21H23N3O3/c1-17(25)22-12-14-23(15-13-22)20(26)21(27)24(19-10-6-3-7-11-19)16-18-8-4-2-5-9-18/h2-11H,12-16H2,1H3. The fraction of sp³-hybridized carbons (Fsp3) is 0.286. The van der Waals surface area contributed by atoms with Crippen LogP contribution in [0.3, 0.4) is 0 Å². The molecule has 0 spiro atoms. The fourth-order valence-corrected chi connectivity index (χ4v) is 3.13. The Hall–Kier alpha value is -3.15. The molecule has 1 saturated heterocycles. The molecular weight excluding hydrogens is 342 g/mol. The van der Waals surface area contributed by atoms with Crippen LogP contribution in [-0.4, -0.2) is 53.7 Å². The Balaban J connectivity index is 1.76. The molecule has 1 heterocycles. The van der Waals surface area contributed by atoms with E-state index in [1.165, 1.54) is 16.7 Å². The molecule has 0 aromatic heterocycles. The van der Waals surface area contributed by atoms with E-state index in [9.17, 15) is 14.4 Å². The topological polar surface area (TPSA) is 60.9 Å². The van der Waals surface area contributed by atoms with Crippen LogP contribution in [0.2, 0.25) is 0 Å². The summed E-state index contributed by atoms with van der Waals surface area (Å²) in [7, 11) is 0. The molecule has 6 nitrogen and oxygen atoms in total. The number of para-hydroxylation sites is 1. The van der Waals surface area contributed by atoms with Gasteiger partial charge in [0.15, 0.2) is 0 Å². The van der Waals surface area contributed by atoms with Gasteiger partial charge in [-0.3, -0.25) is 19.3 Å². The second kappa shape index (κ2) is 8.49. The van der Waals surface area contributed by atoms with Gasteiger partial charge in [0.2, 0.25) is 5.91 Å². The number of benzene rings is 2. The molecular formula is C21H23N3O3. The van der Waals surface area contributed by atoms with Crippen LogP contribution in [0.4, 0.5) is 5.69 Å². The molecule has 0 aliphatic carbocycles. The van der Waals surface area contributed by atoms with Gasteiger partial charge in [-0.1, -0.05) is 48.5 Å². The summed E-state index contributed by atoms with van der Waals surface area (Å²) < 4.78 is 0. The van der Waals surface area contributed by atoms with E-state index in [1.54, 1.807) is 4.90 Å². The first-order valence-electron chi connectivity index (χ1n) is 9.01. The van der Waals surface area contributed by atoms with Crippen LogP contribution in [0.25, 0.3) is 0 Å². The summed E-state index contributed by atoms with van der Waals surface area (Å²) in [6, 6.07) is 18.8. The first kappa shape index (κ1) is 18.6. The van der Waals surface area contributed by atoms with Crippen LogP contribution in [0.1, 0.15) is 12.5 Å². The molecule has 0 bridgehead atoms. The molecule has 0 N–H and O–H groups in total. The first-order chi connectivity index (χ1) is 13.1. The molecule has 0 atom stereocenters. The summed E-state index contributed by atoms with van der Waals surface area (Å²) in [5, 5.41) is 0. The van der Waals surface area contributed by atoms with E-state index in [0.717, 1.165) is 5.56 Å². The zero-order valence-corrected chi connectivity index (χ0v) is 15.4. The minimum absolute atomic E-state index is 0.0107. The Morgan fingerprint density at radius 2 is 1.33 bits per heavy atom. The van der Waals surface area contributed by atoms with Crippen LogP contribution in [-0.2, 0) is 20.9 Å². The number of amides is 3. The van der Waals surface area contributed by atoms with Gasteiger partial charge >= 0.3 is 11.8 Å². The van der Waals surface area contributed by atoms with Crippen molar-refractivity contribution in [1.82, 2.24) is 9.80 Å². The van der Waals surface area contributed by atoms with Crippen LogP contribution < -0.4 is 4.90 Å². The van der Waals surface area contributed by atoms with Crippen molar-refractivity contribution in [2.45, 2.75) is 13.5 Å². The number of piperazine rings is 1. The number of anilines is 1. The lowest BCUT2D eigenvalue weighted by Gasteiger charge is -2.35. The fourth-order valence-electron chi connectivity index (χ4n) is 3.13. The van der Waals surface area contributed by atoms with Crippen molar-refractivity contribution < 1.29 is 14.4 Å². The SMILES string of the molecule is CC(=O)N1CCN(C(=O)C(=O)N(Cc2ccccc2)c2ccccc2)CC1. The highest BCUT2D eigenvalue weighted by atomic mass is 16.2. The molecule has 1 aliphatic rings. The van der Waals surface area contributed by atoms with Crippen LogP contribution in [0, 0.1) is 0 Å². The lowest BCUT2D eigenvalue weighted by molar-refractivity contribution is -0.147. The van der Waals surface area contributed by atoms with Crippen molar-refractivity contribution in [2.24, 2.45) is 0 Å². The van der Waals surface area contributed by atoms with Gasteiger partial charge < -0.3 is 9.80 Å². The Morgan fingerprint density at radius 1 is 0.815 bits per heavy atom. The van der Waals surface area contributed by atoms with Crippen molar-refractivity contribution in [2.75, 3.05) is 31.1 Å². The Labute approximate surface area is 159 Å². The maximum atomic E-state index is 13.0. The van der Waals surface area contributed by atoms with Crippen LogP contribution >= 0.6 is 0 Å². The summed E-state index contributed by atoms with van der Waals surface area (Å²) in [5.74, 6) is -1.09. The quantitative estimate of drug-likeness (QED) is 0.781. The molecule has 140 valence electrons. The van der Waals surface area contributed by atoms with Gasteiger partial charge in [-0.2, -0.15) is 0 Å². The molecule has 2 aromatic carbocycles. The van der Waals surface area contributed by atoms with Crippen molar-refractivity contribution in [3.63, 3.8) is 0 Å². The average molecular weight is 365 g/mol. The highest BCUT2D eigenvalue weighted by Crippen LogP contribution is 2.18. The number of carbonyl (C=O) groups is 3. The second-order valence-corrected chi connectivity index (χ2v) is 6.51. The van der Waals surface area contributed by atoms with Crippen molar-refractivity contribution in [1.29, 1.82) is 0 Å². The predicted octanol–water partition coefficient (Wildman–Crippen LogP) is 1.91. The third-order valence-electron chi connectivity index (χ3n) is 4.69. The normalized spacial score (nSPS) is 14.0. The summed E-state index contributed by atoms with van der Waals surface area (Å²) in [5.41, 5.74) is 1.63. The molecule has 1 aliphatic heterocycles. The summed E-state index contributed by atoms with van der Waals surface area (Å²) >= 11 is 0. The molecule has 0 unspecified atom stereocenters. The lowest BCUT2D eigenvalue weighted by Crippen LogP contribution is -2.54. The summed E-state index contributed by atoms with van der Waals surface area (Å²) in [6.07, 6.45) is 0. The highest BCUT2D eigenvalue weighted by Gasteiger charge is 2.30. The van der Waals surface area contributed by atoms with Gasteiger partial charge in [-0.05, 0) is 17.7 Å². The number of rotatable bonds is 3. The number of hydrogen-bond acceptors (Lipinski definition) is 3. The van der Waals surface area contributed by atoms with E-state index in [0.29, 0.717) is 38.4 Å². The first-order valence-corrected chi connectivity index (χ1v) is 9.01. The van der Waals surface area contributed by atoms with E-state index in [2.05, 4.69) is 0 Å². The molecule has 2 aromatic rings. The lowest BCUT2D eigenvalue weighted by atomic mass is 10.2. The summed E-state index contributed by atoms with van der Waals surface area (Å²) in [4.78, 5) is 42.0. The molecule has 3 rings (SSSR count). The third kappa shape index (κ3) is 4.53. The maximum absolute atomic E-state index is 13.0. The largest absolute Gasteiger partial charge is 0.339 e. The average Bonchev–Trinajstić information content (AvgIpc) is 2.72. The van der Waals surface area contributed by atoms with E-state index in [4.69, 9.17) is 0 Å². The monoisotopic (exact) mass is 365 g/mol. The number of hydrogen-bond donors (Lipinski definition) is 0. The van der Waals surface area contributed by atoms with Crippen LogP contribution in [0.15, 0.2) is 60.7 Å². The second-order valence-electron chi connectivity index (χ2n) is 6.51. The number of nitrogens with zero attached hydrogens (tertiary/aromatic N) is 3. The van der Waals surface area contributed by atoms with Gasteiger partial charge in [0.1, 0.15) is 0 Å². The molecule has 1 fully saturated rings. The predicted molar refractivity (Wildman–Crippen MR) is 103 cm³/mol.